The average molecular weight is 318 g/mol. The molecule has 6 nitrogen and oxygen atoms in total. The Morgan fingerprint density at radius 2 is 2.22 bits per heavy atom. The predicted molar refractivity (Wildman–Crippen MR) is 88.2 cm³/mol. The van der Waals surface area contributed by atoms with Gasteiger partial charge in [0, 0.05) is 39.0 Å². The molecule has 2 fully saturated rings. The Kier molecular flexibility index (Phi) is 5.43. The first-order valence-corrected chi connectivity index (χ1v) is 8.72. The van der Waals surface area contributed by atoms with Crippen molar-refractivity contribution in [1.29, 1.82) is 0 Å². The number of carbonyl (C=O) groups excluding carboxylic acids is 1. The molecule has 2 aliphatic rings. The van der Waals surface area contributed by atoms with Crippen LogP contribution in [0, 0.1) is 5.92 Å². The highest BCUT2D eigenvalue weighted by Gasteiger charge is 2.34. The molecule has 3 rings (SSSR count). The summed E-state index contributed by atoms with van der Waals surface area (Å²) in [6, 6.07) is 3.88. The number of anilines is 1. The average Bonchev–Trinajstić information content (AvgIpc) is 2.88. The summed E-state index contributed by atoms with van der Waals surface area (Å²) < 4.78 is 5.80. The number of amides is 1. The van der Waals surface area contributed by atoms with Crippen LogP contribution < -0.4 is 4.90 Å². The van der Waals surface area contributed by atoms with Crippen molar-refractivity contribution in [2.75, 3.05) is 37.7 Å². The SMILES string of the molecule is CC[C@@H]1OCCC[C@@H]1C(=O)N1CCCN(c2cccnn2)CC1. The second kappa shape index (κ2) is 7.73. The Morgan fingerprint density at radius 3 is 3.00 bits per heavy atom. The first-order valence-electron chi connectivity index (χ1n) is 8.72. The molecule has 0 N–H and O–H groups in total. The predicted octanol–water partition coefficient (Wildman–Crippen LogP) is 1.72. The number of hydrogen-bond acceptors (Lipinski definition) is 5. The Bertz CT molecular complexity index is 511. The topological polar surface area (TPSA) is 58.6 Å². The lowest BCUT2D eigenvalue weighted by Crippen LogP contribution is -2.45. The summed E-state index contributed by atoms with van der Waals surface area (Å²) in [6.45, 7) is 6.21. The van der Waals surface area contributed by atoms with Crippen LogP contribution >= 0.6 is 0 Å². The maximum atomic E-state index is 12.9. The summed E-state index contributed by atoms with van der Waals surface area (Å²) in [6.07, 6.45) is 5.61. The van der Waals surface area contributed by atoms with Gasteiger partial charge >= 0.3 is 0 Å². The maximum Gasteiger partial charge on any atom is 0.228 e. The van der Waals surface area contributed by atoms with Crippen molar-refractivity contribution in [3.63, 3.8) is 0 Å². The van der Waals surface area contributed by atoms with Gasteiger partial charge in [0.2, 0.25) is 5.91 Å². The van der Waals surface area contributed by atoms with Gasteiger partial charge in [0.15, 0.2) is 5.82 Å². The van der Waals surface area contributed by atoms with Gasteiger partial charge < -0.3 is 14.5 Å². The molecule has 2 saturated heterocycles. The maximum absolute atomic E-state index is 12.9. The van der Waals surface area contributed by atoms with Crippen LogP contribution in [0.5, 0.6) is 0 Å². The Labute approximate surface area is 137 Å². The van der Waals surface area contributed by atoms with Crippen LogP contribution in [-0.4, -0.2) is 59.9 Å². The van der Waals surface area contributed by atoms with E-state index in [-0.39, 0.29) is 17.9 Å². The monoisotopic (exact) mass is 318 g/mol. The number of nitrogens with zero attached hydrogens (tertiary/aromatic N) is 4. The Hall–Kier alpha value is -1.69. The summed E-state index contributed by atoms with van der Waals surface area (Å²) in [4.78, 5) is 17.2. The fourth-order valence-electron chi connectivity index (χ4n) is 3.59. The Balaban J connectivity index is 1.62. The van der Waals surface area contributed by atoms with Crippen LogP contribution in [0.3, 0.4) is 0 Å². The lowest BCUT2D eigenvalue weighted by molar-refractivity contribution is -0.145. The minimum absolute atomic E-state index is 0.0387. The van der Waals surface area contributed by atoms with E-state index in [1.165, 1.54) is 0 Å². The summed E-state index contributed by atoms with van der Waals surface area (Å²) in [5, 5.41) is 8.13. The highest BCUT2D eigenvalue weighted by atomic mass is 16.5. The van der Waals surface area contributed by atoms with Crippen LogP contribution in [0.15, 0.2) is 18.3 Å². The largest absolute Gasteiger partial charge is 0.377 e. The molecule has 0 aliphatic carbocycles. The summed E-state index contributed by atoms with van der Waals surface area (Å²) in [5.74, 6) is 1.21. The smallest absolute Gasteiger partial charge is 0.228 e. The molecule has 0 unspecified atom stereocenters. The quantitative estimate of drug-likeness (QED) is 0.849. The third-order valence-electron chi connectivity index (χ3n) is 4.85. The summed E-state index contributed by atoms with van der Waals surface area (Å²) >= 11 is 0. The number of aromatic nitrogens is 2. The molecule has 0 spiro atoms. The second-order valence-corrected chi connectivity index (χ2v) is 6.31. The highest BCUT2D eigenvalue weighted by Crippen LogP contribution is 2.26. The van der Waals surface area contributed by atoms with E-state index in [1.54, 1.807) is 6.20 Å². The summed E-state index contributed by atoms with van der Waals surface area (Å²) in [5.41, 5.74) is 0. The molecule has 126 valence electrons. The van der Waals surface area contributed by atoms with Gasteiger partial charge in [-0.25, -0.2) is 0 Å². The van der Waals surface area contributed by atoms with Crippen molar-refractivity contribution >= 4 is 11.7 Å². The van der Waals surface area contributed by atoms with E-state index in [1.807, 2.05) is 17.0 Å². The molecule has 6 heteroatoms. The molecular weight excluding hydrogens is 292 g/mol. The van der Waals surface area contributed by atoms with Crippen LogP contribution in [-0.2, 0) is 9.53 Å². The first-order chi connectivity index (χ1) is 11.3. The Morgan fingerprint density at radius 1 is 1.30 bits per heavy atom. The van der Waals surface area contributed by atoms with Crippen LogP contribution in [0.4, 0.5) is 5.82 Å². The molecular formula is C17H26N4O2. The van der Waals surface area contributed by atoms with Gasteiger partial charge in [0.25, 0.3) is 0 Å². The fraction of sp³-hybridized carbons (Fsp3) is 0.706. The zero-order chi connectivity index (χ0) is 16.1. The van der Waals surface area contributed by atoms with E-state index in [2.05, 4.69) is 22.0 Å². The molecule has 23 heavy (non-hydrogen) atoms. The second-order valence-electron chi connectivity index (χ2n) is 6.31. The van der Waals surface area contributed by atoms with Crippen molar-refractivity contribution in [3.8, 4) is 0 Å². The minimum Gasteiger partial charge on any atom is -0.377 e. The number of ether oxygens (including phenoxy) is 1. The molecule has 0 bridgehead atoms. The van der Waals surface area contributed by atoms with Crippen LogP contribution in [0.2, 0.25) is 0 Å². The van der Waals surface area contributed by atoms with Gasteiger partial charge in [-0.2, -0.15) is 5.10 Å². The van der Waals surface area contributed by atoms with Crippen molar-refractivity contribution in [2.24, 2.45) is 5.92 Å². The lowest BCUT2D eigenvalue weighted by Gasteiger charge is -2.34. The molecule has 1 aromatic heterocycles. The molecule has 0 radical (unpaired) electrons. The molecule has 2 atom stereocenters. The molecule has 2 aliphatic heterocycles. The standard InChI is InChI=1S/C17H26N4O2/c1-2-15-14(6-4-13-23-15)17(22)21-10-5-9-20(11-12-21)16-7-3-8-18-19-16/h3,7-8,14-15H,2,4-6,9-13H2,1H3/t14-,15-/m0/s1. The van der Waals surface area contributed by atoms with E-state index in [0.29, 0.717) is 0 Å². The van der Waals surface area contributed by atoms with E-state index < -0.39 is 0 Å². The molecule has 1 amide bonds. The van der Waals surface area contributed by atoms with Gasteiger partial charge in [-0.15, -0.1) is 5.10 Å². The third kappa shape index (κ3) is 3.80. The van der Waals surface area contributed by atoms with Gasteiger partial charge in [0.1, 0.15) is 0 Å². The number of hydrogen-bond donors (Lipinski definition) is 0. The molecule has 3 heterocycles. The van der Waals surface area contributed by atoms with E-state index in [4.69, 9.17) is 4.74 Å². The van der Waals surface area contributed by atoms with Crippen LogP contribution in [0.25, 0.3) is 0 Å². The van der Waals surface area contributed by atoms with Crippen molar-refractivity contribution in [3.05, 3.63) is 18.3 Å². The number of rotatable bonds is 3. The zero-order valence-electron chi connectivity index (χ0n) is 13.9. The minimum atomic E-state index is 0.0387. The first kappa shape index (κ1) is 16.2. The molecule has 0 aromatic carbocycles. The summed E-state index contributed by atoms with van der Waals surface area (Å²) in [7, 11) is 0. The molecule has 1 aromatic rings. The van der Waals surface area contributed by atoms with Crippen LogP contribution in [0.1, 0.15) is 32.6 Å². The van der Waals surface area contributed by atoms with Gasteiger partial charge in [-0.1, -0.05) is 6.92 Å². The van der Waals surface area contributed by atoms with E-state index in [0.717, 1.165) is 64.3 Å². The van der Waals surface area contributed by atoms with E-state index >= 15 is 0 Å². The van der Waals surface area contributed by atoms with Crippen molar-refractivity contribution in [2.45, 2.75) is 38.7 Å². The lowest BCUT2D eigenvalue weighted by atomic mass is 9.91. The third-order valence-corrected chi connectivity index (χ3v) is 4.85. The number of carbonyl (C=O) groups is 1. The van der Waals surface area contributed by atoms with Crippen molar-refractivity contribution in [1.82, 2.24) is 15.1 Å². The highest BCUT2D eigenvalue weighted by molar-refractivity contribution is 5.79. The van der Waals surface area contributed by atoms with E-state index in [9.17, 15) is 4.79 Å². The van der Waals surface area contributed by atoms with Gasteiger partial charge in [-0.3, -0.25) is 4.79 Å². The van der Waals surface area contributed by atoms with Gasteiger partial charge in [0.05, 0.1) is 12.0 Å². The zero-order valence-corrected chi connectivity index (χ0v) is 13.9. The van der Waals surface area contributed by atoms with Crippen molar-refractivity contribution < 1.29 is 9.53 Å². The fourth-order valence-corrected chi connectivity index (χ4v) is 3.59. The van der Waals surface area contributed by atoms with Gasteiger partial charge in [-0.05, 0) is 37.8 Å². The molecule has 0 saturated carbocycles. The normalized spacial score (nSPS) is 26.0.